The van der Waals surface area contributed by atoms with Gasteiger partial charge < -0.3 is 14.7 Å². The molecule has 5 rings (SSSR count). The van der Waals surface area contributed by atoms with Crippen LogP contribution in [0.3, 0.4) is 0 Å². The number of unbranched alkanes of at least 4 members (excludes halogenated alkanes) is 10. The van der Waals surface area contributed by atoms with Gasteiger partial charge in [-0.3, -0.25) is 4.90 Å². The summed E-state index contributed by atoms with van der Waals surface area (Å²) < 4.78 is 6.21. The Bertz CT molecular complexity index is 1760. The number of ether oxygens (including phenoxy) is 1. The fraction of sp³-hybridized carbons (Fsp3) is 0.429. The standard InChI is InChI=1S/C26H42O4.C23H21BrN2/c1-4-7-9-11-13-15-17-21-19-23(25(27)28)24(26(29)30-6-3)20-22(21)18-16-14-12-10-8-5-2;24-21-12-14-22(15-13-21)26-17-7-16-25(18-19-8-3-1-4-9-19)23(26)20-10-5-2-6-11-20/h19-20H,4-18H2,1-3H3,(H,27,28);1-15,17,23H,16,18H2. The largest absolute Gasteiger partial charge is 0.478 e. The predicted molar refractivity (Wildman–Crippen MR) is 235 cm³/mol. The third-order valence-electron chi connectivity index (χ3n) is 10.3. The lowest BCUT2D eigenvalue weighted by molar-refractivity contribution is 0.0514. The van der Waals surface area contributed by atoms with Crippen molar-refractivity contribution in [2.75, 3.05) is 18.1 Å². The monoisotopic (exact) mass is 822 g/mol. The summed E-state index contributed by atoms with van der Waals surface area (Å²) in [4.78, 5) is 29.0. The van der Waals surface area contributed by atoms with Crippen molar-refractivity contribution in [3.63, 3.8) is 0 Å². The highest BCUT2D eigenvalue weighted by Crippen LogP contribution is 2.35. The Hall–Kier alpha value is -4.20. The van der Waals surface area contributed by atoms with Crippen molar-refractivity contribution >= 4 is 33.6 Å². The molecule has 0 saturated heterocycles. The molecule has 7 heteroatoms. The topological polar surface area (TPSA) is 70.1 Å². The summed E-state index contributed by atoms with van der Waals surface area (Å²) in [6.07, 6.45) is 20.9. The Morgan fingerprint density at radius 3 is 1.79 bits per heavy atom. The third-order valence-corrected chi connectivity index (χ3v) is 10.9. The van der Waals surface area contributed by atoms with Crippen molar-refractivity contribution in [2.45, 2.75) is 123 Å². The lowest BCUT2D eigenvalue weighted by Gasteiger charge is -2.42. The minimum atomic E-state index is -1.06. The van der Waals surface area contributed by atoms with E-state index in [-0.39, 0.29) is 23.9 Å². The molecule has 1 atom stereocenters. The highest BCUT2D eigenvalue weighted by atomic mass is 79.9. The minimum absolute atomic E-state index is 0.0705. The van der Waals surface area contributed by atoms with E-state index in [0.717, 1.165) is 54.4 Å². The van der Waals surface area contributed by atoms with E-state index in [1.807, 2.05) is 0 Å². The molecule has 1 aliphatic heterocycles. The van der Waals surface area contributed by atoms with Gasteiger partial charge in [0.15, 0.2) is 0 Å². The van der Waals surface area contributed by atoms with E-state index >= 15 is 0 Å². The van der Waals surface area contributed by atoms with E-state index in [9.17, 15) is 14.7 Å². The molecule has 1 N–H and O–H groups in total. The fourth-order valence-electron chi connectivity index (χ4n) is 7.36. The van der Waals surface area contributed by atoms with Gasteiger partial charge in [-0.05, 0) is 91.3 Å². The van der Waals surface area contributed by atoms with E-state index < -0.39 is 11.9 Å². The molecule has 0 amide bonds. The van der Waals surface area contributed by atoms with Crippen LogP contribution in [0.25, 0.3) is 0 Å². The molecule has 4 aromatic rings. The summed E-state index contributed by atoms with van der Waals surface area (Å²) >= 11 is 3.54. The zero-order valence-corrected chi connectivity index (χ0v) is 35.5. The van der Waals surface area contributed by atoms with Gasteiger partial charge in [0.05, 0.1) is 17.7 Å². The van der Waals surface area contributed by atoms with Crippen molar-refractivity contribution in [2.24, 2.45) is 0 Å². The quantitative estimate of drug-likeness (QED) is 0.0667. The Morgan fingerprint density at radius 1 is 0.696 bits per heavy atom. The Balaban J connectivity index is 0.000000250. The molecule has 0 bridgehead atoms. The first-order valence-electron chi connectivity index (χ1n) is 21.0. The van der Waals surface area contributed by atoms with Crippen LogP contribution in [0.5, 0.6) is 0 Å². The number of carbonyl (C=O) groups is 2. The van der Waals surface area contributed by atoms with E-state index in [4.69, 9.17) is 4.74 Å². The molecule has 1 heterocycles. The van der Waals surface area contributed by atoms with Crippen molar-refractivity contribution in [1.29, 1.82) is 0 Å². The normalized spacial score (nSPS) is 13.9. The number of carboxylic acids is 1. The number of carbonyl (C=O) groups excluding carboxylic acids is 1. The van der Waals surface area contributed by atoms with E-state index in [0.29, 0.717) is 0 Å². The van der Waals surface area contributed by atoms with Gasteiger partial charge >= 0.3 is 11.9 Å². The average molecular weight is 824 g/mol. The maximum atomic E-state index is 12.4. The lowest BCUT2D eigenvalue weighted by Crippen LogP contribution is -2.42. The molecule has 0 fully saturated rings. The Morgan fingerprint density at radius 2 is 1.23 bits per heavy atom. The Labute approximate surface area is 345 Å². The van der Waals surface area contributed by atoms with Gasteiger partial charge in [0, 0.05) is 29.4 Å². The van der Waals surface area contributed by atoms with Crippen LogP contribution in [-0.4, -0.2) is 35.1 Å². The van der Waals surface area contributed by atoms with Crippen molar-refractivity contribution < 1.29 is 19.4 Å². The number of anilines is 1. The number of rotatable bonds is 21. The molecule has 0 aliphatic carbocycles. The van der Waals surface area contributed by atoms with Crippen molar-refractivity contribution in [3.05, 3.63) is 147 Å². The second kappa shape index (κ2) is 25.1. The van der Waals surface area contributed by atoms with Crippen molar-refractivity contribution in [3.8, 4) is 0 Å². The van der Waals surface area contributed by atoms with Crippen LogP contribution in [0.1, 0.15) is 147 Å². The fourth-order valence-corrected chi connectivity index (χ4v) is 7.62. The number of benzene rings is 4. The highest BCUT2D eigenvalue weighted by molar-refractivity contribution is 9.10. The number of aromatic carboxylic acids is 1. The number of hydrogen-bond donors (Lipinski definition) is 1. The van der Waals surface area contributed by atoms with E-state index in [1.165, 1.54) is 81.0 Å². The average Bonchev–Trinajstić information content (AvgIpc) is 3.22. The molecular weight excluding hydrogens is 760 g/mol. The minimum Gasteiger partial charge on any atom is -0.478 e. The molecule has 0 spiro atoms. The van der Waals surface area contributed by atoms with Gasteiger partial charge in [-0.15, -0.1) is 0 Å². The molecule has 4 aromatic carbocycles. The highest BCUT2D eigenvalue weighted by Gasteiger charge is 2.28. The Kier molecular flexibility index (Phi) is 20.0. The van der Waals surface area contributed by atoms with Gasteiger partial charge in [-0.25, -0.2) is 9.59 Å². The second-order valence-corrected chi connectivity index (χ2v) is 15.6. The molecule has 6 nitrogen and oxygen atoms in total. The maximum Gasteiger partial charge on any atom is 0.339 e. The van der Waals surface area contributed by atoms with Gasteiger partial charge in [0.2, 0.25) is 0 Å². The van der Waals surface area contributed by atoms with Gasteiger partial charge in [-0.2, -0.15) is 0 Å². The van der Waals surface area contributed by atoms with Crippen LogP contribution < -0.4 is 4.90 Å². The molecule has 300 valence electrons. The molecular formula is C49H63BrN2O4. The summed E-state index contributed by atoms with van der Waals surface area (Å²) in [5, 5.41) is 9.66. The predicted octanol–water partition coefficient (Wildman–Crippen LogP) is 13.4. The summed E-state index contributed by atoms with van der Waals surface area (Å²) in [7, 11) is 0. The smallest absolute Gasteiger partial charge is 0.339 e. The molecule has 0 radical (unpaired) electrons. The van der Waals surface area contributed by atoms with Crippen LogP contribution in [0, 0.1) is 0 Å². The first-order chi connectivity index (χ1) is 27.4. The summed E-state index contributed by atoms with van der Waals surface area (Å²) in [6.45, 7) is 8.26. The number of nitrogens with zero attached hydrogens (tertiary/aromatic N) is 2. The third kappa shape index (κ3) is 14.4. The van der Waals surface area contributed by atoms with E-state index in [1.54, 1.807) is 19.1 Å². The molecule has 0 saturated carbocycles. The van der Waals surface area contributed by atoms with Crippen LogP contribution in [0.4, 0.5) is 5.69 Å². The lowest BCUT2D eigenvalue weighted by atomic mass is 9.91. The van der Waals surface area contributed by atoms with Gasteiger partial charge in [0.1, 0.15) is 6.17 Å². The van der Waals surface area contributed by atoms with Crippen molar-refractivity contribution in [1.82, 2.24) is 4.90 Å². The second-order valence-electron chi connectivity index (χ2n) is 14.7. The van der Waals surface area contributed by atoms with Gasteiger partial charge in [0.25, 0.3) is 0 Å². The number of hydrogen-bond acceptors (Lipinski definition) is 5. The number of esters is 1. The SMILES string of the molecule is Brc1ccc(N2C=CCN(Cc3ccccc3)C2c2ccccc2)cc1.CCCCCCCCc1cc(C(=O)O)c(C(=O)OCC)cc1CCCCCCCC. The molecule has 1 unspecified atom stereocenters. The first-order valence-corrected chi connectivity index (χ1v) is 21.7. The summed E-state index contributed by atoms with van der Waals surface area (Å²) in [5.41, 5.74) is 6.29. The summed E-state index contributed by atoms with van der Waals surface area (Å²) in [5.74, 6) is -1.60. The first kappa shape index (κ1) is 44.5. The maximum absolute atomic E-state index is 12.4. The number of carboxylic acid groups (broad SMARTS) is 1. The zero-order valence-electron chi connectivity index (χ0n) is 33.9. The van der Waals surface area contributed by atoms with Crippen LogP contribution in [-0.2, 0) is 24.1 Å². The van der Waals surface area contributed by atoms with Crippen LogP contribution in [0.15, 0.2) is 114 Å². The van der Waals surface area contributed by atoms with Crippen LogP contribution >= 0.6 is 15.9 Å². The molecule has 1 aliphatic rings. The van der Waals surface area contributed by atoms with Crippen LogP contribution in [0.2, 0.25) is 0 Å². The number of aryl methyl sites for hydroxylation is 2. The molecule has 56 heavy (non-hydrogen) atoms. The zero-order chi connectivity index (χ0) is 40.0. The summed E-state index contributed by atoms with van der Waals surface area (Å²) in [6, 6.07) is 33.5. The number of halogens is 1. The molecule has 0 aromatic heterocycles. The van der Waals surface area contributed by atoms with E-state index in [2.05, 4.69) is 137 Å². The van der Waals surface area contributed by atoms with Gasteiger partial charge in [-0.1, -0.05) is 161 Å².